The van der Waals surface area contributed by atoms with E-state index in [-0.39, 0.29) is 0 Å². The number of hydrogen-bond acceptors (Lipinski definition) is 1. The van der Waals surface area contributed by atoms with Crippen LogP contribution < -0.4 is 9.28 Å². The fourth-order valence-corrected chi connectivity index (χ4v) is 3.75. The molecule has 1 heterocycles. The van der Waals surface area contributed by atoms with Gasteiger partial charge in [0.2, 0.25) is 0 Å². The van der Waals surface area contributed by atoms with Crippen molar-refractivity contribution in [2.45, 2.75) is 19.6 Å². The Kier molecular flexibility index (Phi) is 2.84. The Bertz CT molecular complexity index is 241. The largest absolute Gasteiger partial charge is 0.288 e. The lowest BCUT2D eigenvalue weighted by Crippen LogP contribution is -2.35. The highest BCUT2D eigenvalue weighted by molar-refractivity contribution is 7.35. The first-order valence-corrected chi connectivity index (χ1v) is 8.33. The summed E-state index contributed by atoms with van der Waals surface area (Å²) in [5.41, 5.74) is 0. The SMILES string of the molecule is C[Si](C)(C)c1ccc([B]Cl)s1. The first-order valence-electron chi connectivity index (χ1n) is 3.58. The summed E-state index contributed by atoms with van der Waals surface area (Å²) in [5.74, 6) is 0. The first kappa shape index (κ1) is 9.36. The van der Waals surface area contributed by atoms with E-state index in [1.807, 2.05) is 11.3 Å². The van der Waals surface area contributed by atoms with Gasteiger partial charge in [-0.25, -0.2) is 0 Å². The summed E-state index contributed by atoms with van der Waals surface area (Å²) >= 11 is 7.41. The Labute approximate surface area is 78.8 Å². The normalized spacial score (nSPS) is 11.6. The molecule has 0 bridgehead atoms. The summed E-state index contributed by atoms with van der Waals surface area (Å²) in [7, 11) is -1.09. The minimum Gasteiger partial charge on any atom is -0.196 e. The molecular formula is C7H11BClSSi. The van der Waals surface area contributed by atoms with Gasteiger partial charge in [-0.15, -0.1) is 0 Å². The van der Waals surface area contributed by atoms with Crippen molar-refractivity contribution in [2.75, 3.05) is 0 Å². The molecule has 0 nitrogen and oxygen atoms in total. The van der Waals surface area contributed by atoms with Gasteiger partial charge in [-0.1, -0.05) is 31.8 Å². The Morgan fingerprint density at radius 2 is 2.00 bits per heavy atom. The lowest BCUT2D eigenvalue weighted by atomic mass is 10.1. The van der Waals surface area contributed by atoms with Crippen molar-refractivity contribution in [3.8, 4) is 0 Å². The Hall–Kier alpha value is 0.272. The van der Waals surface area contributed by atoms with E-state index in [0.29, 0.717) is 0 Å². The van der Waals surface area contributed by atoms with Crippen LogP contribution in [0.25, 0.3) is 0 Å². The molecule has 0 atom stereocenters. The minimum atomic E-state index is -1.09. The van der Waals surface area contributed by atoms with Crippen LogP contribution in [0.1, 0.15) is 0 Å². The van der Waals surface area contributed by atoms with E-state index < -0.39 is 8.07 Å². The van der Waals surface area contributed by atoms with Crippen LogP contribution in [-0.2, 0) is 0 Å². The second-order valence-electron chi connectivity index (χ2n) is 3.56. The lowest BCUT2D eigenvalue weighted by molar-refractivity contribution is 1.79. The quantitative estimate of drug-likeness (QED) is 0.640. The highest BCUT2D eigenvalue weighted by Gasteiger charge is 2.18. The van der Waals surface area contributed by atoms with Crippen LogP contribution >= 0.6 is 22.8 Å². The summed E-state index contributed by atoms with van der Waals surface area (Å²) in [5, 5.41) is 0. The molecule has 1 aromatic rings. The maximum atomic E-state index is 5.59. The molecule has 0 spiro atoms. The molecule has 0 amide bonds. The summed E-state index contributed by atoms with van der Waals surface area (Å²) in [6.45, 7) is 8.68. The fraction of sp³-hybridized carbons (Fsp3) is 0.429. The monoisotopic (exact) mass is 201 g/mol. The van der Waals surface area contributed by atoms with E-state index in [1.54, 1.807) is 6.69 Å². The third-order valence-corrected chi connectivity index (χ3v) is 6.47. The molecule has 0 aliphatic rings. The van der Waals surface area contributed by atoms with Crippen LogP contribution in [0.2, 0.25) is 19.6 Å². The van der Waals surface area contributed by atoms with Crippen LogP contribution in [0.4, 0.5) is 0 Å². The van der Waals surface area contributed by atoms with Gasteiger partial charge in [0.15, 0.2) is 0 Å². The van der Waals surface area contributed by atoms with Gasteiger partial charge in [-0.2, -0.15) is 22.8 Å². The Balaban J connectivity index is 2.89. The van der Waals surface area contributed by atoms with E-state index in [4.69, 9.17) is 11.5 Å². The van der Waals surface area contributed by atoms with Crippen molar-refractivity contribution in [1.82, 2.24) is 0 Å². The van der Waals surface area contributed by atoms with Gasteiger partial charge in [0.1, 0.15) is 0 Å². The van der Waals surface area contributed by atoms with E-state index in [2.05, 4.69) is 31.8 Å². The molecule has 1 rings (SSSR count). The van der Waals surface area contributed by atoms with Gasteiger partial charge in [0, 0.05) is 0 Å². The maximum absolute atomic E-state index is 5.59. The van der Waals surface area contributed by atoms with Gasteiger partial charge >= 0.3 is 0 Å². The van der Waals surface area contributed by atoms with Gasteiger partial charge < -0.3 is 0 Å². The van der Waals surface area contributed by atoms with Gasteiger partial charge in [-0.3, -0.25) is 0 Å². The van der Waals surface area contributed by atoms with Crippen LogP contribution in [-0.4, -0.2) is 14.8 Å². The van der Waals surface area contributed by atoms with Crippen molar-refractivity contribution >= 4 is 46.8 Å². The minimum absolute atomic E-state index is 1.09. The number of rotatable bonds is 2. The topological polar surface area (TPSA) is 0 Å². The number of thiophene rings is 1. The molecule has 0 aliphatic carbocycles. The van der Waals surface area contributed by atoms with Crippen LogP contribution in [0.3, 0.4) is 0 Å². The molecule has 0 aromatic carbocycles. The molecule has 11 heavy (non-hydrogen) atoms. The van der Waals surface area contributed by atoms with Gasteiger partial charge in [-0.05, 0) is 9.28 Å². The summed E-state index contributed by atoms with van der Waals surface area (Å²) < 4.78 is 2.69. The van der Waals surface area contributed by atoms with Crippen molar-refractivity contribution in [3.63, 3.8) is 0 Å². The highest BCUT2D eigenvalue weighted by atomic mass is 35.5. The van der Waals surface area contributed by atoms with Gasteiger partial charge in [0.25, 0.3) is 6.69 Å². The lowest BCUT2D eigenvalue weighted by Gasteiger charge is -2.12. The smallest absolute Gasteiger partial charge is 0.196 e. The predicted molar refractivity (Wildman–Crippen MR) is 58.5 cm³/mol. The maximum Gasteiger partial charge on any atom is 0.288 e. The first-order chi connectivity index (χ1) is 5.04. The zero-order chi connectivity index (χ0) is 8.48. The van der Waals surface area contributed by atoms with E-state index in [1.165, 1.54) is 9.28 Å². The second-order valence-corrected chi connectivity index (χ2v) is 10.3. The van der Waals surface area contributed by atoms with E-state index in [9.17, 15) is 0 Å². The standard InChI is InChI=1S/C7H11BClSSi/c1-11(2,3)7-5-4-6(8-9)10-7/h4-5H,1-3H3. The fourth-order valence-electron chi connectivity index (χ4n) is 0.815. The Morgan fingerprint density at radius 1 is 1.36 bits per heavy atom. The van der Waals surface area contributed by atoms with Crippen molar-refractivity contribution in [1.29, 1.82) is 0 Å². The third kappa shape index (κ3) is 2.36. The zero-order valence-electron chi connectivity index (χ0n) is 7.02. The molecule has 0 saturated heterocycles. The summed E-state index contributed by atoms with van der Waals surface area (Å²) in [6, 6.07) is 4.29. The highest BCUT2D eigenvalue weighted by Crippen LogP contribution is 2.05. The average Bonchev–Trinajstić information content (AvgIpc) is 2.32. The van der Waals surface area contributed by atoms with Crippen molar-refractivity contribution in [3.05, 3.63) is 12.1 Å². The molecule has 4 heteroatoms. The molecule has 59 valence electrons. The third-order valence-electron chi connectivity index (χ3n) is 1.47. The Morgan fingerprint density at radius 3 is 2.27 bits per heavy atom. The summed E-state index contributed by atoms with van der Waals surface area (Å²) in [6.07, 6.45) is 0. The average molecular weight is 202 g/mol. The second kappa shape index (κ2) is 3.34. The van der Waals surface area contributed by atoms with Crippen LogP contribution in [0, 0.1) is 0 Å². The molecule has 0 aliphatic heterocycles. The molecule has 0 N–H and O–H groups in total. The molecule has 1 aromatic heterocycles. The molecule has 1 radical (unpaired) electrons. The van der Waals surface area contributed by atoms with Crippen LogP contribution in [0.5, 0.6) is 0 Å². The molecule has 0 unspecified atom stereocenters. The van der Waals surface area contributed by atoms with Crippen LogP contribution in [0.15, 0.2) is 12.1 Å². The predicted octanol–water partition coefficient (Wildman–Crippen LogP) is 1.78. The molecule has 0 fully saturated rings. The zero-order valence-corrected chi connectivity index (χ0v) is 9.59. The number of halogens is 1. The molecule has 0 saturated carbocycles. The number of hydrogen-bond donors (Lipinski definition) is 0. The van der Waals surface area contributed by atoms with Crippen molar-refractivity contribution < 1.29 is 0 Å². The van der Waals surface area contributed by atoms with Gasteiger partial charge in [0.05, 0.1) is 8.07 Å². The van der Waals surface area contributed by atoms with Crippen molar-refractivity contribution in [2.24, 2.45) is 0 Å². The summed E-state index contributed by atoms with van der Waals surface area (Å²) in [4.78, 5) is 0. The van der Waals surface area contributed by atoms with E-state index in [0.717, 1.165) is 0 Å². The van der Waals surface area contributed by atoms with E-state index >= 15 is 0 Å². The molecular weight excluding hydrogens is 190 g/mol.